The molecule has 2 aliphatic rings. The number of thioether (sulfide) groups is 1. The molecule has 0 aromatic heterocycles. The normalized spacial score (nSPS) is 18.6. The topological polar surface area (TPSA) is 76.8 Å². The first-order valence-electron chi connectivity index (χ1n) is 9.66. The molecule has 31 heavy (non-hydrogen) atoms. The molecule has 0 saturated carbocycles. The number of phenols is 1. The van der Waals surface area contributed by atoms with E-state index in [1.54, 1.807) is 17.0 Å². The van der Waals surface area contributed by atoms with Crippen molar-refractivity contribution in [3.8, 4) is 17.6 Å². The van der Waals surface area contributed by atoms with E-state index in [0.29, 0.717) is 45.0 Å². The zero-order valence-electron chi connectivity index (χ0n) is 16.6. The van der Waals surface area contributed by atoms with Gasteiger partial charge in [-0.25, -0.2) is 0 Å². The average molecular weight is 521 g/mol. The monoisotopic (exact) mass is 519 g/mol. The van der Waals surface area contributed by atoms with E-state index in [0.717, 1.165) is 11.3 Å². The molecule has 160 valence electrons. The number of phenolic OH excluding ortho intramolecular Hbond substituents is 1. The van der Waals surface area contributed by atoms with Crippen LogP contribution in [0, 0.1) is 11.3 Å². The molecule has 2 aliphatic heterocycles. The Balaban J connectivity index is 1.69. The maximum Gasteiger partial charge on any atom is 0.229 e. The van der Waals surface area contributed by atoms with Gasteiger partial charge in [-0.1, -0.05) is 29.4 Å². The lowest BCUT2D eigenvalue weighted by atomic mass is 9.86. The van der Waals surface area contributed by atoms with Crippen LogP contribution in [0.2, 0.25) is 5.02 Å². The van der Waals surface area contributed by atoms with Crippen LogP contribution in [-0.2, 0) is 4.79 Å². The number of carbonyl (C=O) groups excluding carboxylic acids is 1. The van der Waals surface area contributed by atoms with Gasteiger partial charge in [0, 0.05) is 23.0 Å². The van der Waals surface area contributed by atoms with Crippen molar-refractivity contribution in [3.63, 3.8) is 0 Å². The fraction of sp³-hybridized carbons (Fsp3) is 0.273. The summed E-state index contributed by atoms with van der Waals surface area (Å²) in [5.74, 6) is 0.476. The van der Waals surface area contributed by atoms with Crippen LogP contribution in [0.4, 0.5) is 5.69 Å². The van der Waals surface area contributed by atoms with Crippen molar-refractivity contribution in [2.24, 2.45) is 0 Å². The van der Waals surface area contributed by atoms with Crippen LogP contribution in [0.15, 0.2) is 51.5 Å². The van der Waals surface area contributed by atoms with Crippen LogP contribution in [0.5, 0.6) is 11.5 Å². The molecule has 2 heterocycles. The first-order valence-corrected chi connectivity index (χ1v) is 11.8. The smallest absolute Gasteiger partial charge is 0.229 e. The van der Waals surface area contributed by atoms with Crippen molar-refractivity contribution in [3.05, 3.63) is 62.1 Å². The second-order valence-corrected chi connectivity index (χ2v) is 9.35. The molecule has 6 nitrogen and oxygen atoms in total. The molecular formula is C22H19BrClN3O3S. The summed E-state index contributed by atoms with van der Waals surface area (Å²) < 4.78 is 5.99. The zero-order valence-corrected chi connectivity index (χ0v) is 19.8. The number of halogens is 2. The standard InChI is InChI=1S/C22H19BrClN3O3S/c1-2-30-19-7-13(6-18(23)21(19)29)16-9-20(28)27-11-26(12-31-22(27)17(16)10-25)15-5-3-4-14(24)8-15/h3-8,16,29H,2,9,11-12H2,1H3/t16-/m0/s1. The summed E-state index contributed by atoms with van der Waals surface area (Å²) in [7, 11) is 0. The highest BCUT2D eigenvalue weighted by molar-refractivity contribution is 9.10. The Labute approximate surface area is 198 Å². The van der Waals surface area contributed by atoms with E-state index in [2.05, 4.69) is 26.9 Å². The van der Waals surface area contributed by atoms with Crippen molar-refractivity contribution >= 4 is 50.9 Å². The second-order valence-electron chi connectivity index (χ2n) is 7.13. The average Bonchev–Trinajstić information content (AvgIpc) is 2.76. The second kappa shape index (κ2) is 9.03. The molecule has 2 aromatic carbocycles. The molecule has 1 atom stereocenters. The van der Waals surface area contributed by atoms with Gasteiger partial charge < -0.3 is 14.7 Å². The SMILES string of the molecule is CCOc1cc([C@@H]2CC(=O)N3CN(c4cccc(Cl)c4)CSC3=C2C#N)cc(Br)c1O. The Morgan fingerprint density at radius 1 is 1.39 bits per heavy atom. The predicted octanol–water partition coefficient (Wildman–Crippen LogP) is 5.43. The van der Waals surface area contributed by atoms with Crippen molar-refractivity contribution in [1.29, 1.82) is 5.26 Å². The highest BCUT2D eigenvalue weighted by Crippen LogP contribution is 2.46. The third-order valence-electron chi connectivity index (χ3n) is 5.22. The summed E-state index contributed by atoms with van der Waals surface area (Å²) in [5, 5.41) is 21.5. The lowest BCUT2D eigenvalue weighted by molar-refractivity contribution is -0.129. The van der Waals surface area contributed by atoms with Gasteiger partial charge in [0.1, 0.15) is 0 Å². The number of nitriles is 1. The third kappa shape index (κ3) is 4.22. The first-order chi connectivity index (χ1) is 14.9. The number of allylic oxidation sites excluding steroid dienone is 1. The number of carbonyl (C=O) groups is 1. The first kappa shape index (κ1) is 21.9. The summed E-state index contributed by atoms with van der Waals surface area (Å²) in [5.41, 5.74) is 2.23. The van der Waals surface area contributed by atoms with Crippen molar-refractivity contribution < 1.29 is 14.6 Å². The minimum absolute atomic E-state index is 0.00438. The maximum atomic E-state index is 13.1. The van der Waals surface area contributed by atoms with Crippen molar-refractivity contribution in [2.45, 2.75) is 19.3 Å². The van der Waals surface area contributed by atoms with Crippen molar-refractivity contribution in [2.75, 3.05) is 24.1 Å². The number of aromatic hydroxyl groups is 1. The summed E-state index contributed by atoms with van der Waals surface area (Å²) in [6.07, 6.45) is 0.166. The molecule has 4 rings (SSSR count). The quantitative estimate of drug-likeness (QED) is 0.580. The summed E-state index contributed by atoms with van der Waals surface area (Å²) in [6, 6.07) is 13.3. The van der Waals surface area contributed by atoms with Gasteiger partial charge in [-0.2, -0.15) is 5.26 Å². The third-order valence-corrected chi connectivity index (χ3v) is 7.21. The molecule has 0 radical (unpaired) electrons. The number of benzene rings is 2. The van der Waals surface area contributed by atoms with Gasteiger partial charge in [0.2, 0.25) is 5.91 Å². The molecule has 1 saturated heterocycles. The van der Waals surface area contributed by atoms with Gasteiger partial charge in [0.25, 0.3) is 0 Å². The predicted molar refractivity (Wildman–Crippen MR) is 125 cm³/mol. The lowest BCUT2D eigenvalue weighted by Crippen LogP contribution is -2.47. The highest BCUT2D eigenvalue weighted by atomic mass is 79.9. The minimum Gasteiger partial charge on any atom is -0.503 e. The van der Waals surface area contributed by atoms with Crippen LogP contribution < -0.4 is 9.64 Å². The molecule has 2 aromatic rings. The van der Waals surface area contributed by atoms with Gasteiger partial charge in [0.15, 0.2) is 11.5 Å². The Bertz CT molecular complexity index is 1120. The van der Waals surface area contributed by atoms with Crippen LogP contribution in [0.1, 0.15) is 24.8 Å². The van der Waals surface area contributed by atoms with E-state index in [4.69, 9.17) is 16.3 Å². The molecular weight excluding hydrogens is 502 g/mol. The van der Waals surface area contributed by atoms with Crippen molar-refractivity contribution in [1.82, 2.24) is 4.90 Å². The number of hydrogen-bond donors (Lipinski definition) is 1. The number of hydrogen-bond acceptors (Lipinski definition) is 6. The zero-order chi connectivity index (χ0) is 22.1. The molecule has 0 unspecified atom stereocenters. The number of fused-ring (bicyclic) bond motifs is 1. The summed E-state index contributed by atoms with van der Waals surface area (Å²) >= 11 is 10.9. The Morgan fingerprint density at radius 2 is 2.19 bits per heavy atom. The molecule has 0 aliphatic carbocycles. The van der Waals surface area contributed by atoms with Gasteiger partial charge in [0.05, 0.1) is 40.3 Å². The van der Waals surface area contributed by atoms with E-state index in [1.807, 2.05) is 31.2 Å². The van der Waals surface area contributed by atoms with E-state index in [9.17, 15) is 15.2 Å². The molecule has 1 fully saturated rings. The number of ether oxygens (including phenoxy) is 1. The molecule has 1 amide bonds. The fourth-order valence-corrected chi connectivity index (χ4v) is 5.56. The maximum absolute atomic E-state index is 13.1. The number of nitrogens with zero attached hydrogens (tertiary/aromatic N) is 3. The fourth-order valence-electron chi connectivity index (χ4n) is 3.74. The Hall–Kier alpha value is -2.34. The molecule has 0 bridgehead atoms. The molecule has 1 N–H and O–H groups in total. The number of amides is 1. The van der Waals surface area contributed by atoms with Gasteiger partial charge in [-0.3, -0.25) is 9.69 Å². The van der Waals surface area contributed by atoms with E-state index in [1.165, 1.54) is 11.8 Å². The summed E-state index contributed by atoms with van der Waals surface area (Å²) in [4.78, 5) is 16.8. The minimum atomic E-state index is -0.398. The summed E-state index contributed by atoms with van der Waals surface area (Å²) in [6.45, 7) is 2.58. The van der Waals surface area contributed by atoms with Crippen LogP contribution >= 0.6 is 39.3 Å². The van der Waals surface area contributed by atoms with Gasteiger partial charge >= 0.3 is 0 Å². The van der Waals surface area contributed by atoms with Gasteiger partial charge in [-0.15, -0.1) is 0 Å². The van der Waals surface area contributed by atoms with Gasteiger partial charge in [-0.05, 0) is 58.7 Å². The number of anilines is 1. The Kier molecular flexibility index (Phi) is 6.37. The number of rotatable bonds is 4. The molecule has 0 spiro atoms. The highest BCUT2D eigenvalue weighted by Gasteiger charge is 2.38. The van der Waals surface area contributed by atoms with E-state index >= 15 is 0 Å². The largest absolute Gasteiger partial charge is 0.503 e. The van der Waals surface area contributed by atoms with Crippen LogP contribution in [0.25, 0.3) is 0 Å². The van der Waals surface area contributed by atoms with Crippen LogP contribution in [-0.4, -0.2) is 35.1 Å². The lowest BCUT2D eigenvalue weighted by Gasteiger charge is -2.42. The van der Waals surface area contributed by atoms with E-state index in [-0.39, 0.29) is 18.1 Å². The van der Waals surface area contributed by atoms with E-state index < -0.39 is 5.92 Å². The van der Waals surface area contributed by atoms with Crippen LogP contribution in [0.3, 0.4) is 0 Å². The Morgan fingerprint density at radius 3 is 2.90 bits per heavy atom. The molecule has 9 heteroatoms.